The van der Waals surface area contributed by atoms with Crippen LogP contribution in [0.15, 0.2) is 18.2 Å². The van der Waals surface area contributed by atoms with E-state index in [4.69, 9.17) is 0 Å². The number of rotatable bonds is 4. The highest BCUT2D eigenvalue weighted by molar-refractivity contribution is 5.79. The fourth-order valence-corrected chi connectivity index (χ4v) is 2.60. The highest BCUT2D eigenvalue weighted by Gasteiger charge is 2.20. The zero-order valence-corrected chi connectivity index (χ0v) is 12.6. The Labute approximate surface area is 112 Å². The van der Waals surface area contributed by atoms with E-state index in [9.17, 15) is 4.79 Å². The van der Waals surface area contributed by atoms with Gasteiger partial charge in [-0.3, -0.25) is 4.79 Å². The van der Waals surface area contributed by atoms with Crippen LogP contribution in [0, 0.1) is 6.92 Å². The number of hydrogen-bond donors (Lipinski definition) is 0. The van der Waals surface area contributed by atoms with Crippen molar-refractivity contribution >= 4 is 5.78 Å². The Hall–Kier alpha value is -1.11. The van der Waals surface area contributed by atoms with Crippen molar-refractivity contribution < 1.29 is 4.79 Å². The van der Waals surface area contributed by atoms with Gasteiger partial charge in [0.15, 0.2) is 0 Å². The third-order valence-corrected chi connectivity index (χ3v) is 3.64. The summed E-state index contributed by atoms with van der Waals surface area (Å²) in [5.74, 6) is 0.669. The van der Waals surface area contributed by atoms with Crippen molar-refractivity contribution in [2.45, 2.75) is 65.7 Å². The minimum absolute atomic E-state index is 0.161. The van der Waals surface area contributed by atoms with Gasteiger partial charge in [-0.25, -0.2) is 0 Å². The summed E-state index contributed by atoms with van der Waals surface area (Å²) in [4.78, 5) is 11.6. The van der Waals surface area contributed by atoms with Gasteiger partial charge in [0.25, 0.3) is 0 Å². The van der Waals surface area contributed by atoms with Gasteiger partial charge in [-0.1, -0.05) is 52.8 Å². The Bertz CT molecular complexity index is 424. The summed E-state index contributed by atoms with van der Waals surface area (Å²) < 4.78 is 0. The number of ketones is 1. The second-order valence-corrected chi connectivity index (χ2v) is 6.27. The minimum Gasteiger partial charge on any atom is -0.300 e. The molecule has 0 bridgehead atoms. The fraction of sp³-hybridized carbons (Fsp3) is 0.588. The molecule has 1 unspecified atom stereocenters. The molecule has 0 aliphatic carbocycles. The van der Waals surface area contributed by atoms with Crippen LogP contribution in [0.3, 0.4) is 0 Å². The molecular formula is C17H26O. The predicted molar refractivity (Wildman–Crippen MR) is 78.2 cm³/mol. The van der Waals surface area contributed by atoms with E-state index in [2.05, 4.69) is 52.8 Å². The van der Waals surface area contributed by atoms with Crippen molar-refractivity contribution in [3.8, 4) is 0 Å². The molecule has 0 aromatic heterocycles. The molecule has 100 valence electrons. The van der Waals surface area contributed by atoms with Crippen LogP contribution in [0.5, 0.6) is 0 Å². The van der Waals surface area contributed by atoms with E-state index in [0.29, 0.717) is 24.5 Å². The summed E-state index contributed by atoms with van der Waals surface area (Å²) in [6.45, 7) is 13.0. The Morgan fingerprint density at radius 2 is 1.89 bits per heavy atom. The van der Waals surface area contributed by atoms with Gasteiger partial charge in [0.1, 0.15) is 5.78 Å². The number of benzene rings is 1. The molecule has 1 aromatic carbocycles. The van der Waals surface area contributed by atoms with Crippen molar-refractivity contribution in [3.63, 3.8) is 0 Å². The van der Waals surface area contributed by atoms with E-state index in [1.165, 1.54) is 16.7 Å². The smallest absolute Gasteiger partial charge is 0.133 e. The first-order valence-electron chi connectivity index (χ1n) is 6.89. The van der Waals surface area contributed by atoms with Gasteiger partial charge in [-0.2, -0.15) is 0 Å². The zero-order valence-electron chi connectivity index (χ0n) is 12.6. The third-order valence-electron chi connectivity index (χ3n) is 3.64. The maximum Gasteiger partial charge on any atom is 0.133 e. The lowest BCUT2D eigenvalue weighted by molar-refractivity contribution is -0.119. The molecule has 1 heteroatoms. The van der Waals surface area contributed by atoms with Crippen molar-refractivity contribution in [2.75, 3.05) is 0 Å². The lowest BCUT2D eigenvalue weighted by Crippen LogP contribution is -2.15. The van der Waals surface area contributed by atoms with Crippen LogP contribution >= 0.6 is 0 Å². The minimum atomic E-state index is 0.161. The monoisotopic (exact) mass is 246 g/mol. The molecule has 0 saturated carbocycles. The molecule has 0 heterocycles. The molecule has 0 spiro atoms. The van der Waals surface area contributed by atoms with E-state index in [0.717, 1.165) is 0 Å². The number of carbonyl (C=O) groups excluding carboxylic acids is 1. The van der Waals surface area contributed by atoms with Gasteiger partial charge >= 0.3 is 0 Å². The molecule has 0 N–H and O–H groups in total. The van der Waals surface area contributed by atoms with Crippen LogP contribution in [-0.4, -0.2) is 5.78 Å². The SMILES string of the molecule is CCC(=O)CC(C)c1cccc(C(C)(C)C)c1C. The van der Waals surface area contributed by atoms with Crippen LogP contribution in [0.2, 0.25) is 0 Å². The Kier molecular flexibility index (Phi) is 4.72. The van der Waals surface area contributed by atoms with Crippen LogP contribution in [0.4, 0.5) is 0 Å². The van der Waals surface area contributed by atoms with Gasteiger partial charge < -0.3 is 0 Å². The van der Waals surface area contributed by atoms with Gasteiger partial charge in [-0.05, 0) is 34.9 Å². The maximum atomic E-state index is 11.6. The Morgan fingerprint density at radius 1 is 1.28 bits per heavy atom. The Balaban J connectivity index is 3.07. The highest BCUT2D eigenvalue weighted by atomic mass is 16.1. The van der Waals surface area contributed by atoms with Crippen molar-refractivity contribution in [2.24, 2.45) is 0 Å². The van der Waals surface area contributed by atoms with E-state index in [-0.39, 0.29) is 5.41 Å². The number of hydrogen-bond acceptors (Lipinski definition) is 1. The second kappa shape index (κ2) is 5.69. The molecule has 0 fully saturated rings. The zero-order chi connectivity index (χ0) is 13.9. The summed E-state index contributed by atoms with van der Waals surface area (Å²) in [6.07, 6.45) is 1.30. The fourth-order valence-electron chi connectivity index (χ4n) is 2.60. The number of carbonyl (C=O) groups is 1. The molecule has 0 radical (unpaired) electrons. The summed E-state index contributed by atoms with van der Waals surface area (Å²) in [6, 6.07) is 6.49. The average molecular weight is 246 g/mol. The van der Waals surface area contributed by atoms with Gasteiger partial charge in [-0.15, -0.1) is 0 Å². The summed E-state index contributed by atoms with van der Waals surface area (Å²) in [5.41, 5.74) is 4.22. The highest BCUT2D eigenvalue weighted by Crippen LogP contribution is 2.31. The third kappa shape index (κ3) is 3.44. The lowest BCUT2D eigenvalue weighted by Gasteiger charge is -2.25. The first-order chi connectivity index (χ1) is 8.27. The summed E-state index contributed by atoms with van der Waals surface area (Å²) in [7, 11) is 0. The van der Waals surface area contributed by atoms with E-state index in [1.54, 1.807) is 0 Å². The predicted octanol–water partition coefficient (Wildman–Crippen LogP) is 4.77. The maximum absolute atomic E-state index is 11.6. The summed E-state index contributed by atoms with van der Waals surface area (Å²) >= 11 is 0. The standard InChI is InChI=1S/C17H26O/c1-7-14(18)11-12(2)15-9-8-10-16(13(15)3)17(4,5)6/h8-10,12H,7,11H2,1-6H3. The molecule has 0 saturated heterocycles. The van der Waals surface area contributed by atoms with Gasteiger partial charge in [0.05, 0.1) is 0 Å². The molecule has 1 atom stereocenters. The lowest BCUT2D eigenvalue weighted by atomic mass is 9.80. The van der Waals surface area contributed by atoms with Crippen LogP contribution in [0.25, 0.3) is 0 Å². The molecule has 18 heavy (non-hydrogen) atoms. The topological polar surface area (TPSA) is 17.1 Å². The largest absolute Gasteiger partial charge is 0.300 e. The Morgan fingerprint density at radius 3 is 2.39 bits per heavy atom. The normalized spacial score (nSPS) is 13.4. The molecule has 1 rings (SSSR count). The van der Waals surface area contributed by atoms with Crippen molar-refractivity contribution in [1.82, 2.24) is 0 Å². The van der Waals surface area contributed by atoms with Crippen molar-refractivity contribution in [3.05, 3.63) is 34.9 Å². The van der Waals surface area contributed by atoms with Gasteiger partial charge in [0.2, 0.25) is 0 Å². The first-order valence-corrected chi connectivity index (χ1v) is 6.89. The first kappa shape index (κ1) is 14.9. The van der Waals surface area contributed by atoms with Crippen molar-refractivity contribution in [1.29, 1.82) is 0 Å². The molecular weight excluding hydrogens is 220 g/mol. The van der Waals surface area contributed by atoms with E-state index >= 15 is 0 Å². The number of Topliss-reactive ketones (excluding diaryl/α,β-unsaturated/α-hetero) is 1. The van der Waals surface area contributed by atoms with Crippen LogP contribution in [0.1, 0.15) is 70.1 Å². The van der Waals surface area contributed by atoms with E-state index in [1.807, 2.05) is 6.92 Å². The second-order valence-electron chi connectivity index (χ2n) is 6.27. The molecule has 0 amide bonds. The quantitative estimate of drug-likeness (QED) is 0.748. The van der Waals surface area contributed by atoms with Crippen LogP contribution < -0.4 is 0 Å². The molecule has 1 aromatic rings. The molecule has 0 aliphatic rings. The molecule has 0 aliphatic heterocycles. The average Bonchev–Trinajstić information content (AvgIpc) is 2.27. The van der Waals surface area contributed by atoms with Crippen LogP contribution in [-0.2, 0) is 10.2 Å². The summed E-state index contributed by atoms with van der Waals surface area (Å²) in [5, 5.41) is 0. The molecule has 1 nitrogen and oxygen atoms in total. The van der Waals surface area contributed by atoms with Gasteiger partial charge in [0, 0.05) is 12.8 Å². The van der Waals surface area contributed by atoms with E-state index < -0.39 is 0 Å².